The molecule has 23 heavy (non-hydrogen) atoms. The Labute approximate surface area is 136 Å². The lowest BCUT2D eigenvalue weighted by atomic mass is 10.1. The second-order valence-corrected chi connectivity index (χ2v) is 6.39. The Hall–Kier alpha value is -1.86. The summed E-state index contributed by atoms with van der Waals surface area (Å²) in [5.41, 5.74) is 2.14. The third-order valence-electron chi connectivity index (χ3n) is 3.69. The van der Waals surface area contributed by atoms with Crippen LogP contribution in [0.25, 0.3) is 11.3 Å². The zero-order valence-electron chi connectivity index (χ0n) is 12.5. The van der Waals surface area contributed by atoms with E-state index in [1.165, 1.54) is 16.2 Å². The van der Waals surface area contributed by atoms with Gasteiger partial charge in [-0.15, -0.1) is 11.3 Å². The fourth-order valence-electron chi connectivity index (χ4n) is 2.50. The van der Waals surface area contributed by atoms with Crippen LogP contribution in [0, 0.1) is 6.92 Å². The Morgan fingerprint density at radius 1 is 1.48 bits per heavy atom. The normalized spacial score (nSPS) is 18.4. The van der Waals surface area contributed by atoms with E-state index in [9.17, 15) is 13.6 Å². The number of carbonyl (C=O) groups excluding carboxylic acids is 1. The summed E-state index contributed by atoms with van der Waals surface area (Å²) < 4.78 is 30.6. The van der Waals surface area contributed by atoms with Gasteiger partial charge < -0.3 is 9.64 Å². The van der Waals surface area contributed by atoms with Crippen LogP contribution in [-0.2, 0) is 4.74 Å². The number of hydrogen-bond donors (Lipinski definition) is 0. The Morgan fingerprint density at radius 3 is 3.00 bits per heavy atom. The van der Waals surface area contributed by atoms with Crippen LogP contribution in [0.3, 0.4) is 0 Å². The molecule has 122 valence electrons. The van der Waals surface area contributed by atoms with Crippen molar-refractivity contribution in [3.8, 4) is 11.3 Å². The van der Waals surface area contributed by atoms with Gasteiger partial charge in [0.05, 0.1) is 23.9 Å². The van der Waals surface area contributed by atoms with Crippen LogP contribution in [0.15, 0.2) is 29.6 Å². The molecule has 0 saturated carbocycles. The first-order chi connectivity index (χ1) is 11.0. The van der Waals surface area contributed by atoms with Gasteiger partial charge in [-0.1, -0.05) is 12.1 Å². The van der Waals surface area contributed by atoms with Gasteiger partial charge in [-0.2, -0.15) is 0 Å². The Bertz CT molecular complexity index is 705. The van der Waals surface area contributed by atoms with E-state index in [4.69, 9.17) is 4.74 Å². The number of morpholine rings is 1. The van der Waals surface area contributed by atoms with Gasteiger partial charge >= 0.3 is 0 Å². The van der Waals surface area contributed by atoms with Gasteiger partial charge in [-0.3, -0.25) is 4.79 Å². The zero-order chi connectivity index (χ0) is 16.4. The van der Waals surface area contributed by atoms with Crippen molar-refractivity contribution >= 4 is 17.2 Å². The van der Waals surface area contributed by atoms with Crippen molar-refractivity contribution in [2.75, 3.05) is 19.7 Å². The summed E-state index contributed by atoms with van der Waals surface area (Å²) in [5, 5.41) is 2.88. The van der Waals surface area contributed by atoms with Crippen molar-refractivity contribution < 1.29 is 18.3 Å². The number of carbonyl (C=O) groups is 1. The van der Waals surface area contributed by atoms with Gasteiger partial charge in [0, 0.05) is 23.1 Å². The summed E-state index contributed by atoms with van der Waals surface area (Å²) in [6, 6.07) is 7.11. The third kappa shape index (κ3) is 3.56. The summed E-state index contributed by atoms with van der Waals surface area (Å²) in [6.45, 7) is 2.28. The molecule has 1 atom stereocenters. The molecule has 2 heterocycles. The van der Waals surface area contributed by atoms with Crippen molar-refractivity contribution in [2.45, 2.75) is 19.5 Å². The van der Waals surface area contributed by atoms with E-state index >= 15 is 0 Å². The molecule has 1 fully saturated rings. The van der Waals surface area contributed by atoms with E-state index in [-0.39, 0.29) is 19.1 Å². The first kappa shape index (κ1) is 16.0. The predicted molar refractivity (Wildman–Crippen MR) is 83.9 cm³/mol. The fraction of sp³-hybridized carbons (Fsp3) is 0.375. The standard InChI is InChI=1S/C16H16F2N2O2S/c1-10-19-13(9-23-10)11-3-2-4-12(7-11)16(21)20-5-6-22-14(8-20)15(17)18/h2-4,7,9,14-15H,5-6,8H2,1H3. The Balaban J connectivity index is 1.80. The van der Waals surface area contributed by atoms with E-state index < -0.39 is 12.5 Å². The average molecular weight is 338 g/mol. The average Bonchev–Trinajstić information content (AvgIpc) is 3.01. The van der Waals surface area contributed by atoms with Crippen LogP contribution >= 0.6 is 11.3 Å². The SMILES string of the molecule is Cc1nc(-c2cccc(C(=O)N3CCOC(C(F)F)C3)c2)cs1. The van der Waals surface area contributed by atoms with Gasteiger partial charge in [0.1, 0.15) is 6.10 Å². The molecular formula is C16H16F2N2O2S. The smallest absolute Gasteiger partial charge is 0.266 e. The number of benzene rings is 1. The minimum atomic E-state index is -2.59. The summed E-state index contributed by atoms with van der Waals surface area (Å²) in [5.74, 6) is -0.257. The summed E-state index contributed by atoms with van der Waals surface area (Å²) in [6.07, 6.45) is -3.80. The van der Waals surface area contributed by atoms with Crippen LogP contribution in [-0.4, -0.2) is 48.0 Å². The highest BCUT2D eigenvalue weighted by Crippen LogP contribution is 2.23. The number of thiazole rings is 1. The van der Waals surface area contributed by atoms with Crippen molar-refractivity contribution in [1.82, 2.24) is 9.88 Å². The molecule has 3 rings (SSSR count). The maximum atomic E-state index is 12.8. The van der Waals surface area contributed by atoms with E-state index in [1.54, 1.807) is 18.2 Å². The van der Waals surface area contributed by atoms with Gasteiger partial charge in [-0.25, -0.2) is 13.8 Å². The lowest BCUT2D eigenvalue weighted by Crippen LogP contribution is -2.48. The van der Waals surface area contributed by atoms with Crippen LogP contribution < -0.4 is 0 Å². The summed E-state index contributed by atoms with van der Waals surface area (Å²) in [7, 11) is 0. The number of rotatable bonds is 3. The lowest BCUT2D eigenvalue weighted by Gasteiger charge is -2.32. The van der Waals surface area contributed by atoms with Crippen molar-refractivity contribution in [3.63, 3.8) is 0 Å². The second-order valence-electron chi connectivity index (χ2n) is 5.33. The third-order valence-corrected chi connectivity index (χ3v) is 4.46. The maximum Gasteiger partial charge on any atom is 0.266 e. The van der Waals surface area contributed by atoms with Gasteiger partial charge in [0.2, 0.25) is 0 Å². The van der Waals surface area contributed by atoms with Gasteiger partial charge in [0.25, 0.3) is 12.3 Å². The molecule has 1 aromatic carbocycles. The number of halogens is 2. The first-order valence-electron chi connectivity index (χ1n) is 7.26. The molecule has 2 aromatic rings. The second kappa shape index (κ2) is 6.72. The number of ether oxygens (including phenoxy) is 1. The molecule has 0 aliphatic carbocycles. The molecule has 0 N–H and O–H groups in total. The molecule has 1 amide bonds. The lowest BCUT2D eigenvalue weighted by molar-refractivity contribution is -0.0942. The summed E-state index contributed by atoms with van der Waals surface area (Å²) in [4.78, 5) is 18.4. The Kier molecular flexibility index (Phi) is 4.68. The molecule has 1 aliphatic heterocycles. The Morgan fingerprint density at radius 2 is 2.30 bits per heavy atom. The van der Waals surface area contributed by atoms with Crippen molar-refractivity contribution in [1.29, 1.82) is 0 Å². The van der Waals surface area contributed by atoms with Crippen molar-refractivity contribution in [3.05, 3.63) is 40.2 Å². The van der Waals surface area contributed by atoms with Crippen molar-refractivity contribution in [2.24, 2.45) is 0 Å². The minimum Gasteiger partial charge on any atom is -0.369 e. The molecule has 0 radical (unpaired) electrons. The zero-order valence-corrected chi connectivity index (χ0v) is 13.4. The van der Waals surface area contributed by atoms with Crippen LogP contribution in [0.4, 0.5) is 8.78 Å². The highest BCUT2D eigenvalue weighted by molar-refractivity contribution is 7.09. The van der Waals surface area contributed by atoms with E-state index in [0.29, 0.717) is 12.1 Å². The predicted octanol–water partition coefficient (Wildman–Crippen LogP) is 3.22. The summed E-state index contributed by atoms with van der Waals surface area (Å²) >= 11 is 1.54. The first-order valence-corrected chi connectivity index (χ1v) is 8.14. The number of aryl methyl sites for hydroxylation is 1. The minimum absolute atomic E-state index is 0.0868. The monoisotopic (exact) mass is 338 g/mol. The molecule has 4 nitrogen and oxygen atoms in total. The number of aromatic nitrogens is 1. The number of hydrogen-bond acceptors (Lipinski definition) is 4. The maximum absolute atomic E-state index is 12.8. The van der Waals surface area contributed by atoms with Crippen LogP contribution in [0.1, 0.15) is 15.4 Å². The molecule has 0 spiro atoms. The molecule has 1 aromatic heterocycles. The highest BCUT2D eigenvalue weighted by atomic mass is 32.1. The van der Waals surface area contributed by atoms with Gasteiger partial charge in [0.15, 0.2) is 0 Å². The topological polar surface area (TPSA) is 42.4 Å². The van der Waals surface area contributed by atoms with E-state index in [1.807, 2.05) is 18.4 Å². The molecular weight excluding hydrogens is 322 g/mol. The quantitative estimate of drug-likeness (QED) is 0.863. The van der Waals surface area contributed by atoms with E-state index in [0.717, 1.165) is 16.3 Å². The molecule has 7 heteroatoms. The van der Waals surface area contributed by atoms with Crippen LogP contribution in [0.5, 0.6) is 0 Å². The molecule has 1 unspecified atom stereocenters. The van der Waals surface area contributed by atoms with E-state index in [2.05, 4.69) is 4.98 Å². The largest absolute Gasteiger partial charge is 0.369 e. The molecule has 1 aliphatic rings. The number of amides is 1. The van der Waals surface area contributed by atoms with Crippen LogP contribution in [0.2, 0.25) is 0 Å². The van der Waals surface area contributed by atoms with Gasteiger partial charge in [-0.05, 0) is 19.1 Å². The highest BCUT2D eigenvalue weighted by Gasteiger charge is 2.30. The number of alkyl halides is 2. The number of nitrogens with zero attached hydrogens (tertiary/aromatic N) is 2. The molecule has 0 bridgehead atoms. The fourth-order valence-corrected chi connectivity index (χ4v) is 3.12. The molecule has 1 saturated heterocycles.